The van der Waals surface area contributed by atoms with Gasteiger partial charge in [0.2, 0.25) is 0 Å². The molecule has 1 amide bonds. The summed E-state index contributed by atoms with van der Waals surface area (Å²) in [5.41, 5.74) is 2.38. The molecule has 0 radical (unpaired) electrons. The standard InChI is InChI=1S/C18H11Cl2N3OS/c1-10-16(25-18(22-10)11-3-2-4-13(19)7-11)17(24)23-14-6-5-12(9-21)15(20)8-14/h2-8H,1H3,(H,23,24). The average Bonchev–Trinajstić information content (AvgIpc) is 2.97. The zero-order valence-corrected chi connectivity index (χ0v) is 15.3. The maximum atomic E-state index is 12.5. The Bertz CT molecular complexity index is 1010. The van der Waals surface area contributed by atoms with Crippen LogP contribution in [0.4, 0.5) is 5.69 Å². The van der Waals surface area contributed by atoms with Gasteiger partial charge in [0, 0.05) is 16.3 Å². The molecule has 25 heavy (non-hydrogen) atoms. The molecule has 1 heterocycles. The zero-order valence-electron chi connectivity index (χ0n) is 13.0. The Kier molecular flexibility index (Phi) is 5.05. The summed E-state index contributed by atoms with van der Waals surface area (Å²) < 4.78 is 0. The van der Waals surface area contributed by atoms with E-state index in [1.54, 1.807) is 31.2 Å². The highest BCUT2D eigenvalue weighted by Gasteiger charge is 2.17. The molecule has 0 bridgehead atoms. The number of hydrogen-bond donors (Lipinski definition) is 1. The van der Waals surface area contributed by atoms with Gasteiger partial charge in [-0.2, -0.15) is 5.26 Å². The fraction of sp³-hybridized carbons (Fsp3) is 0.0556. The van der Waals surface area contributed by atoms with Crippen molar-refractivity contribution in [2.24, 2.45) is 0 Å². The minimum atomic E-state index is -0.274. The SMILES string of the molecule is Cc1nc(-c2cccc(Cl)c2)sc1C(=O)Nc1ccc(C#N)c(Cl)c1. The molecule has 7 heteroatoms. The molecule has 124 valence electrons. The molecule has 3 aromatic rings. The van der Waals surface area contributed by atoms with Crippen LogP contribution in [-0.4, -0.2) is 10.9 Å². The van der Waals surface area contributed by atoms with Gasteiger partial charge in [-0.15, -0.1) is 11.3 Å². The van der Waals surface area contributed by atoms with Gasteiger partial charge in [-0.05, 0) is 37.3 Å². The van der Waals surface area contributed by atoms with Gasteiger partial charge in [-0.3, -0.25) is 4.79 Å². The summed E-state index contributed by atoms with van der Waals surface area (Å²) in [6.07, 6.45) is 0. The van der Waals surface area contributed by atoms with E-state index in [-0.39, 0.29) is 5.91 Å². The van der Waals surface area contributed by atoms with Crippen molar-refractivity contribution in [3.8, 4) is 16.6 Å². The van der Waals surface area contributed by atoms with Gasteiger partial charge in [-0.1, -0.05) is 35.3 Å². The summed E-state index contributed by atoms with van der Waals surface area (Å²) in [5.74, 6) is -0.274. The lowest BCUT2D eigenvalue weighted by atomic mass is 10.2. The minimum Gasteiger partial charge on any atom is -0.321 e. The van der Waals surface area contributed by atoms with Crippen LogP contribution >= 0.6 is 34.5 Å². The Hall–Kier alpha value is -2.39. The molecule has 0 spiro atoms. The number of nitrogens with one attached hydrogen (secondary N) is 1. The highest BCUT2D eigenvalue weighted by atomic mass is 35.5. The summed E-state index contributed by atoms with van der Waals surface area (Å²) in [6.45, 7) is 1.78. The maximum absolute atomic E-state index is 12.5. The normalized spacial score (nSPS) is 10.3. The summed E-state index contributed by atoms with van der Waals surface area (Å²) in [5, 5.41) is 13.3. The number of thiazole rings is 1. The molecule has 0 aliphatic heterocycles. The Balaban J connectivity index is 1.86. The number of amides is 1. The maximum Gasteiger partial charge on any atom is 0.267 e. The Labute approximate surface area is 158 Å². The number of aromatic nitrogens is 1. The van der Waals surface area contributed by atoms with Crippen LogP contribution < -0.4 is 5.32 Å². The highest BCUT2D eigenvalue weighted by molar-refractivity contribution is 7.17. The number of benzene rings is 2. The van der Waals surface area contributed by atoms with E-state index in [1.807, 2.05) is 24.3 Å². The number of hydrogen-bond acceptors (Lipinski definition) is 4. The van der Waals surface area contributed by atoms with E-state index < -0.39 is 0 Å². The summed E-state index contributed by atoms with van der Waals surface area (Å²) in [4.78, 5) is 17.5. The number of anilines is 1. The molecular weight excluding hydrogens is 377 g/mol. The second-order valence-electron chi connectivity index (χ2n) is 5.20. The van der Waals surface area contributed by atoms with Crippen molar-refractivity contribution in [2.45, 2.75) is 6.92 Å². The van der Waals surface area contributed by atoms with Crippen molar-refractivity contribution < 1.29 is 4.79 Å². The largest absolute Gasteiger partial charge is 0.321 e. The predicted octanol–water partition coefficient (Wildman–Crippen LogP) is 5.55. The molecule has 0 saturated heterocycles. The van der Waals surface area contributed by atoms with Crippen molar-refractivity contribution in [3.63, 3.8) is 0 Å². The van der Waals surface area contributed by atoms with Crippen molar-refractivity contribution >= 4 is 46.1 Å². The van der Waals surface area contributed by atoms with Crippen molar-refractivity contribution in [3.05, 3.63) is 68.6 Å². The van der Waals surface area contributed by atoms with E-state index in [0.29, 0.717) is 31.9 Å². The predicted molar refractivity (Wildman–Crippen MR) is 101 cm³/mol. The Morgan fingerprint density at radius 3 is 2.72 bits per heavy atom. The average molecular weight is 388 g/mol. The van der Waals surface area contributed by atoms with Gasteiger partial charge >= 0.3 is 0 Å². The molecule has 0 atom stereocenters. The van der Waals surface area contributed by atoms with Gasteiger partial charge in [0.25, 0.3) is 5.91 Å². The lowest BCUT2D eigenvalue weighted by molar-refractivity contribution is 0.103. The first-order valence-corrected chi connectivity index (χ1v) is 8.79. The summed E-state index contributed by atoms with van der Waals surface area (Å²) >= 11 is 13.3. The van der Waals surface area contributed by atoms with Gasteiger partial charge in [0.05, 0.1) is 16.3 Å². The quantitative estimate of drug-likeness (QED) is 0.640. The number of halogens is 2. The molecule has 0 unspecified atom stereocenters. The minimum absolute atomic E-state index is 0.274. The van der Waals surface area contributed by atoms with Crippen LogP contribution in [0.3, 0.4) is 0 Å². The van der Waals surface area contributed by atoms with Gasteiger partial charge < -0.3 is 5.32 Å². The number of rotatable bonds is 3. The van der Waals surface area contributed by atoms with Crippen LogP contribution in [0, 0.1) is 18.3 Å². The Morgan fingerprint density at radius 1 is 1.24 bits per heavy atom. The number of nitrogens with zero attached hydrogens (tertiary/aromatic N) is 2. The topological polar surface area (TPSA) is 65.8 Å². The first-order chi connectivity index (χ1) is 12.0. The number of carbonyl (C=O) groups excluding carboxylic acids is 1. The zero-order chi connectivity index (χ0) is 18.0. The van der Waals surface area contributed by atoms with E-state index in [9.17, 15) is 4.79 Å². The molecule has 0 fully saturated rings. The highest BCUT2D eigenvalue weighted by Crippen LogP contribution is 2.30. The van der Waals surface area contributed by atoms with Gasteiger partial charge in [0.15, 0.2) is 0 Å². The fourth-order valence-electron chi connectivity index (χ4n) is 2.22. The van der Waals surface area contributed by atoms with Crippen LogP contribution in [0.2, 0.25) is 10.0 Å². The molecule has 2 aromatic carbocycles. The van der Waals surface area contributed by atoms with Gasteiger partial charge in [0.1, 0.15) is 16.0 Å². The van der Waals surface area contributed by atoms with Crippen molar-refractivity contribution in [2.75, 3.05) is 5.32 Å². The van der Waals surface area contributed by atoms with E-state index in [0.717, 1.165) is 10.6 Å². The van der Waals surface area contributed by atoms with Crippen LogP contribution in [0.5, 0.6) is 0 Å². The van der Waals surface area contributed by atoms with Crippen LogP contribution in [-0.2, 0) is 0 Å². The number of aryl methyl sites for hydroxylation is 1. The van der Waals surface area contributed by atoms with Gasteiger partial charge in [-0.25, -0.2) is 4.98 Å². The second kappa shape index (κ2) is 7.24. The number of nitriles is 1. The lowest BCUT2D eigenvalue weighted by Crippen LogP contribution is -2.11. The third kappa shape index (κ3) is 3.83. The first kappa shape index (κ1) is 17.4. The van der Waals surface area contributed by atoms with E-state index in [2.05, 4.69) is 10.3 Å². The molecule has 0 aliphatic carbocycles. The molecule has 0 aliphatic rings. The molecule has 3 rings (SSSR count). The van der Waals surface area contributed by atoms with Crippen LogP contribution in [0.25, 0.3) is 10.6 Å². The van der Waals surface area contributed by atoms with Crippen molar-refractivity contribution in [1.82, 2.24) is 4.98 Å². The van der Waals surface area contributed by atoms with E-state index in [1.165, 1.54) is 11.3 Å². The second-order valence-corrected chi connectivity index (χ2v) is 7.05. The lowest BCUT2D eigenvalue weighted by Gasteiger charge is -2.05. The van der Waals surface area contributed by atoms with Crippen LogP contribution in [0.15, 0.2) is 42.5 Å². The van der Waals surface area contributed by atoms with E-state index in [4.69, 9.17) is 28.5 Å². The smallest absolute Gasteiger partial charge is 0.267 e. The molecule has 1 N–H and O–H groups in total. The first-order valence-electron chi connectivity index (χ1n) is 7.22. The summed E-state index contributed by atoms with van der Waals surface area (Å²) in [7, 11) is 0. The monoisotopic (exact) mass is 387 g/mol. The molecular formula is C18H11Cl2N3OS. The third-order valence-corrected chi connectivity index (χ3v) is 5.17. The third-order valence-electron chi connectivity index (χ3n) is 3.42. The fourth-order valence-corrected chi connectivity index (χ4v) is 3.59. The summed E-state index contributed by atoms with van der Waals surface area (Å²) in [6, 6.07) is 14.1. The van der Waals surface area contributed by atoms with Crippen molar-refractivity contribution in [1.29, 1.82) is 5.26 Å². The number of carbonyl (C=O) groups is 1. The molecule has 0 saturated carbocycles. The Morgan fingerprint density at radius 2 is 2.04 bits per heavy atom. The van der Waals surface area contributed by atoms with E-state index >= 15 is 0 Å². The van der Waals surface area contributed by atoms with Crippen LogP contribution in [0.1, 0.15) is 20.9 Å². The molecule has 1 aromatic heterocycles. The molecule has 4 nitrogen and oxygen atoms in total.